The lowest BCUT2D eigenvalue weighted by Gasteiger charge is -2.09. The maximum absolute atomic E-state index is 12.2. The van der Waals surface area contributed by atoms with E-state index >= 15 is 0 Å². The van der Waals surface area contributed by atoms with Gasteiger partial charge in [0.1, 0.15) is 17.6 Å². The predicted molar refractivity (Wildman–Crippen MR) is 115 cm³/mol. The van der Waals surface area contributed by atoms with Gasteiger partial charge in [0.15, 0.2) is 18.1 Å². The number of hydrogen-bond donors (Lipinski definition) is 1. The highest BCUT2D eigenvalue weighted by molar-refractivity contribution is 6.02. The molecule has 150 valence electrons. The van der Waals surface area contributed by atoms with Crippen LogP contribution in [0.15, 0.2) is 78.9 Å². The summed E-state index contributed by atoms with van der Waals surface area (Å²) in [5.74, 6) is 2.12. The summed E-state index contributed by atoms with van der Waals surface area (Å²) in [7, 11) is 1.51. The fraction of sp³-hybridized carbons (Fsp3) is 0.0833. The smallest absolute Gasteiger partial charge is 0.248 e. The second kappa shape index (κ2) is 10.3. The van der Waals surface area contributed by atoms with Gasteiger partial charge in [-0.25, -0.2) is 0 Å². The molecule has 0 aliphatic carbocycles. The summed E-state index contributed by atoms with van der Waals surface area (Å²) in [5.41, 5.74) is 1.42. The second-order valence-corrected chi connectivity index (χ2v) is 6.12. The average Bonchev–Trinajstić information content (AvgIpc) is 2.78. The van der Waals surface area contributed by atoms with Gasteiger partial charge in [0.25, 0.3) is 0 Å². The Kier molecular flexibility index (Phi) is 7.07. The monoisotopic (exact) mass is 400 g/mol. The van der Waals surface area contributed by atoms with E-state index in [0.29, 0.717) is 22.9 Å². The van der Waals surface area contributed by atoms with Crippen LogP contribution in [0.4, 0.5) is 5.69 Å². The van der Waals surface area contributed by atoms with E-state index in [-0.39, 0.29) is 12.5 Å². The van der Waals surface area contributed by atoms with Gasteiger partial charge in [0.05, 0.1) is 7.11 Å². The van der Waals surface area contributed by atoms with Gasteiger partial charge in [-0.2, -0.15) is 5.26 Å². The van der Waals surface area contributed by atoms with Crippen molar-refractivity contribution >= 4 is 17.7 Å². The van der Waals surface area contributed by atoms with E-state index in [9.17, 15) is 4.79 Å². The first-order chi connectivity index (χ1) is 14.7. The highest BCUT2D eigenvalue weighted by atomic mass is 16.5. The fourth-order valence-electron chi connectivity index (χ4n) is 2.60. The number of carbonyl (C=O) groups is 1. The Morgan fingerprint density at radius 2 is 1.73 bits per heavy atom. The molecule has 3 aromatic carbocycles. The SMILES string of the molecule is COc1cc(C=CC(=O)Nc2ccc(Oc3ccccc3)cc2)ccc1OCC#N. The fourth-order valence-corrected chi connectivity index (χ4v) is 2.60. The highest BCUT2D eigenvalue weighted by Crippen LogP contribution is 2.28. The minimum atomic E-state index is -0.268. The Bertz CT molecular complexity index is 1050. The largest absolute Gasteiger partial charge is 0.493 e. The van der Waals surface area contributed by atoms with Crippen LogP contribution < -0.4 is 19.5 Å². The van der Waals surface area contributed by atoms with E-state index in [0.717, 1.165) is 11.3 Å². The maximum atomic E-state index is 12.2. The quantitative estimate of drug-likeness (QED) is 0.536. The Morgan fingerprint density at radius 1 is 1.00 bits per heavy atom. The van der Waals surface area contributed by atoms with Crippen LogP contribution in [0.3, 0.4) is 0 Å². The molecule has 6 heteroatoms. The zero-order chi connectivity index (χ0) is 21.2. The third kappa shape index (κ3) is 5.88. The lowest BCUT2D eigenvalue weighted by molar-refractivity contribution is -0.111. The average molecular weight is 400 g/mol. The lowest BCUT2D eigenvalue weighted by atomic mass is 10.2. The van der Waals surface area contributed by atoms with Gasteiger partial charge in [-0.05, 0) is 60.2 Å². The molecule has 30 heavy (non-hydrogen) atoms. The van der Waals surface area contributed by atoms with Gasteiger partial charge >= 0.3 is 0 Å². The molecule has 6 nitrogen and oxygen atoms in total. The van der Waals surface area contributed by atoms with Crippen LogP contribution >= 0.6 is 0 Å². The van der Waals surface area contributed by atoms with E-state index in [1.165, 1.54) is 13.2 Å². The van der Waals surface area contributed by atoms with Gasteiger partial charge in [0, 0.05) is 11.8 Å². The van der Waals surface area contributed by atoms with Crippen LogP contribution in [0.1, 0.15) is 5.56 Å². The van der Waals surface area contributed by atoms with Crippen molar-refractivity contribution in [2.24, 2.45) is 0 Å². The first-order valence-electron chi connectivity index (χ1n) is 9.18. The van der Waals surface area contributed by atoms with Crippen molar-refractivity contribution in [3.8, 4) is 29.1 Å². The third-order valence-electron chi connectivity index (χ3n) is 4.01. The highest BCUT2D eigenvalue weighted by Gasteiger charge is 2.05. The molecule has 0 spiro atoms. The van der Waals surface area contributed by atoms with Crippen molar-refractivity contribution in [2.45, 2.75) is 0 Å². The van der Waals surface area contributed by atoms with Crippen LogP contribution in [0.25, 0.3) is 6.08 Å². The van der Waals surface area contributed by atoms with Gasteiger partial charge < -0.3 is 19.5 Å². The molecule has 0 unspecified atom stereocenters. The van der Waals surface area contributed by atoms with Crippen LogP contribution in [-0.2, 0) is 4.79 Å². The van der Waals surface area contributed by atoms with Gasteiger partial charge in [-0.3, -0.25) is 4.79 Å². The van der Waals surface area contributed by atoms with Gasteiger partial charge in [-0.15, -0.1) is 0 Å². The molecule has 0 heterocycles. The molecule has 0 atom stereocenters. The molecule has 0 fully saturated rings. The summed E-state index contributed by atoms with van der Waals surface area (Å²) >= 11 is 0. The molecule has 1 N–H and O–H groups in total. The number of para-hydroxylation sites is 1. The summed E-state index contributed by atoms with van der Waals surface area (Å²) in [6.07, 6.45) is 3.10. The maximum Gasteiger partial charge on any atom is 0.248 e. The number of nitrogens with zero attached hydrogens (tertiary/aromatic N) is 1. The number of benzene rings is 3. The van der Waals surface area contributed by atoms with Crippen LogP contribution in [0.5, 0.6) is 23.0 Å². The number of amides is 1. The number of carbonyl (C=O) groups excluding carboxylic acids is 1. The van der Waals surface area contributed by atoms with Crippen LogP contribution in [0, 0.1) is 11.3 Å². The van der Waals surface area contributed by atoms with Gasteiger partial charge in [0.2, 0.25) is 5.91 Å². The van der Waals surface area contributed by atoms with Gasteiger partial charge in [-0.1, -0.05) is 24.3 Å². The van der Waals surface area contributed by atoms with Crippen molar-refractivity contribution in [2.75, 3.05) is 19.0 Å². The molecule has 0 radical (unpaired) electrons. The number of methoxy groups -OCH3 is 1. The van der Waals surface area contributed by atoms with Crippen molar-refractivity contribution in [1.29, 1.82) is 5.26 Å². The van der Waals surface area contributed by atoms with Crippen LogP contribution in [0.2, 0.25) is 0 Å². The van der Waals surface area contributed by atoms with Crippen molar-refractivity contribution in [3.63, 3.8) is 0 Å². The van der Waals surface area contributed by atoms with E-state index in [2.05, 4.69) is 5.32 Å². The third-order valence-corrected chi connectivity index (χ3v) is 4.01. The number of anilines is 1. The van der Waals surface area contributed by atoms with Crippen LogP contribution in [-0.4, -0.2) is 19.6 Å². The first kappa shape index (κ1) is 20.5. The number of ether oxygens (including phenoxy) is 3. The summed E-state index contributed by atoms with van der Waals surface area (Å²) in [6, 6.07) is 23.7. The van der Waals surface area contributed by atoms with Crippen molar-refractivity contribution in [1.82, 2.24) is 0 Å². The first-order valence-corrected chi connectivity index (χ1v) is 9.18. The van der Waals surface area contributed by atoms with Crippen molar-refractivity contribution < 1.29 is 19.0 Å². The number of rotatable bonds is 8. The molecule has 0 saturated carbocycles. The minimum Gasteiger partial charge on any atom is -0.493 e. The summed E-state index contributed by atoms with van der Waals surface area (Å²) < 4.78 is 16.3. The zero-order valence-electron chi connectivity index (χ0n) is 16.4. The molecular weight excluding hydrogens is 380 g/mol. The summed E-state index contributed by atoms with van der Waals surface area (Å²) in [6.45, 7) is -0.0663. The zero-order valence-corrected chi connectivity index (χ0v) is 16.4. The molecule has 1 amide bonds. The molecule has 3 rings (SSSR count). The minimum absolute atomic E-state index is 0.0663. The topological polar surface area (TPSA) is 80.6 Å². The molecule has 0 saturated heterocycles. The summed E-state index contributed by atoms with van der Waals surface area (Å²) in [4.78, 5) is 12.2. The Labute approximate surface area is 174 Å². The normalized spacial score (nSPS) is 10.3. The number of hydrogen-bond acceptors (Lipinski definition) is 5. The number of nitriles is 1. The molecule has 0 bridgehead atoms. The Hall–Kier alpha value is -4.24. The van der Waals surface area contributed by atoms with E-state index < -0.39 is 0 Å². The molecular formula is C24H20N2O4. The molecule has 0 aromatic heterocycles. The summed E-state index contributed by atoms with van der Waals surface area (Å²) in [5, 5.41) is 11.4. The molecule has 3 aromatic rings. The molecule has 0 aliphatic heterocycles. The second-order valence-electron chi connectivity index (χ2n) is 6.12. The molecule has 0 aliphatic rings. The van der Waals surface area contributed by atoms with Crippen molar-refractivity contribution in [3.05, 3.63) is 84.4 Å². The van der Waals surface area contributed by atoms with E-state index in [4.69, 9.17) is 19.5 Å². The van der Waals surface area contributed by atoms with E-state index in [1.807, 2.05) is 36.4 Å². The Morgan fingerprint density at radius 3 is 2.43 bits per heavy atom. The predicted octanol–water partition coefficient (Wildman–Crippen LogP) is 5.04. The van der Waals surface area contributed by atoms with E-state index in [1.54, 1.807) is 48.5 Å². The Balaban J connectivity index is 1.58. The lowest BCUT2D eigenvalue weighted by Crippen LogP contribution is -2.07. The standard InChI is InChI=1S/C24H20N2O4/c1-28-23-17-18(7-13-22(23)29-16-15-25)8-14-24(27)26-19-9-11-21(12-10-19)30-20-5-3-2-4-6-20/h2-14,17H,16H2,1H3,(H,26,27). The number of nitrogens with one attached hydrogen (secondary N) is 1.